The molecule has 12 heavy (non-hydrogen) atoms. The summed E-state index contributed by atoms with van der Waals surface area (Å²) in [6, 6.07) is 0. The number of hydrogen-bond donors (Lipinski definition) is 1. The number of halogens is 1. The zero-order chi connectivity index (χ0) is 8.81. The van der Waals surface area contributed by atoms with Crippen molar-refractivity contribution in [1.29, 1.82) is 0 Å². The highest BCUT2D eigenvalue weighted by Crippen LogP contribution is 2.27. The highest BCUT2D eigenvalue weighted by Gasteiger charge is 2.14. The SMILES string of the molecule is OC(CBr)CSCC1CCCC1. The molecule has 0 bridgehead atoms. The maximum atomic E-state index is 9.26. The monoisotopic (exact) mass is 252 g/mol. The fourth-order valence-electron chi connectivity index (χ4n) is 1.59. The lowest BCUT2D eigenvalue weighted by Gasteiger charge is -2.10. The lowest BCUT2D eigenvalue weighted by Crippen LogP contribution is -2.12. The number of alkyl halides is 1. The second-order valence-corrected chi connectivity index (χ2v) is 5.22. The molecule has 0 saturated heterocycles. The predicted molar refractivity (Wildman–Crippen MR) is 59.1 cm³/mol. The molecule has 0 radical (unpaired) electrons. The highest BCUT2D eigenvalue weighted by atomic mass is 79.9. The van der Waals surface area contributed by atoms with Crippen molar-refractivity contribution in [3.05, 3.63) is 0 Å². The zero-order valence-corrected chi connectivity index (χ0v) is 9.74. The van der Waals surface area contributed by atoms with Crippen LogP contribution in [0.4, 0.5) is 0 Å². The molecular weight excluding hydrogens is 236 g/mol. The Morgan fingerprint density at radius 3 is 2.67 bits per heavy atom. The molecule has 0 spiro atoms. The Kier molecular flexibility index (Phi) is 5.68. The van der Waals surface area contributed by atoms with Crippen molar-refractivity contribution in [3.63, 3.8) is 0 Å². The average molecular weight is 253 g/mol. The van der Waals surface area contributed by atoms with E-state index in [9.17, 15) is 5.11 Å². The number of aliphatic hydroxyl groups is 1. The molecule has 1 N–H and O–H groups in total. The van der Waals surface area contributed by atoms with Gasteiger partial charge in [-0.1, -0.05) is 28.8 Å². The van der Waals surface area contributed by atoms with Crippen LogP contribution in [0.1, 0.15) is 25.7 Å². The molecule has 1 unspecified atom stereocenters. The molecule has 1 fully saturated rings. The Labute approximate surface area is 87.4 Å². The van der Waals surface area contributed by atoms with Crippen molar-refractivity contribution in [1.82, 2.24) is 0 Å². The minimum absolute atomic E-state index is 0.156. The summed E-state index contributed by atoms with van der Waals surface area (Å²) in [5.41, 5.74) is 0. The standard InChI is InChI=1S/C9H17BrOS/c10-5-9(11)7-12-6-8-3-1-2-4-8/h8-9,11H,1-7H2. The van der Waals surface area contributed by atoms with Crippen LogP contribution in [0.5, 0.6) is 0 Å². The smallest absolute Gasteiger partial charge is 0.0727 e. The summed E-state index contributed by atoms with van der Waals surface area (Å²) in [6.07, 6.45) is 5.52. The minimum atomic E-state index is -0.156. The Bertz CT molecular complexity index is 115. The lowest BCUT2D eigenvalue weighted by molar-refractivity contribution is 0.226. The third-order valence-corrected chi connectivity index (χ3v) is 4.39. The van der Waals surface area contributed by atoms with Gasteiger partial charge < -0.3 is 5.11 Å². The summed E-state index contributed by atoms with van der Waals surface area (Å²) in [5, 5.41) is 9.98. The molecule has 0 aromatic rings. The zero-order valence-electron chi connectivity index (χ0n) is 7.34. The van der Waals surface area contributed by atoms with Crippen LogP contribution < -0.4 is 0 Å². The van der Waals surface area contributed by atoms with Crippen LogP contribution in [0.3, 0.4) is 0 Å². The molecule has 72 valence electrons. The third-order valence-electron chi connectivity index (χ3n) is 2.32. The van der Waals surface area contributed by atoms with Crippen molar-refractivity contribution in [2.75, 3.05) is 16.8 Å². The quantitative estimate of drug-likeness (QED) is 0.760. The normalized spacial score (nSPS) is 21.5. The van der Waals surface area contributed by atoms with Crippen LogP contribution >= 0.6 is 27.7 Å². The van der Waals surface area contributed by atoms with E-state index in [0.717, 1.165) is 11.7 Å². The molecule has 1 aliphatic rings. The molecule has 0 aromatic heterocycles. The number of hydrogen-bond acceptors (Lipinski definition) is 2. The van der Waals surface area contributed by atoms with Gasteiger partial charge in [-0.15, -0.1) is 0 Å². The first-order valence-corrected chi connectivity index (χ1v) is 6.92. The molecule has 1 nitrogen and oxygen atoms in total. The van der Waals surface area contributed by atoms with E-state index in [1.807, 2.05) is 11.8 Å². The Hall–Kier alpha value is 0.790. The van der Waals surface area contributed by atoms with Crippen LogP contribution in [0, 0.1) is 5.92 Å². The molecule has 1 aliphatic carbocycles. The maximum Gasteiger partial charge on any atom is 0.0727 e. The van der Waals surface area contributed by atoms with Crippen LogP contribution in [0.15, 0.2) is 0 Å². The largest absolute Gasteiger partial charge is 0.391 e. The summed E-state index contributed by atoms with van der Waals surface area (Å²) >= 11 is 5.17. The van der Waals surface area contributed by atoms with Crippen molar-refractivity contribution < 1.29 is 5.11 Å². The number of rotatable bonds is 5. The fourth-order valence-corrected chi connectivity index (χ4v) is 3.32. The molecular formula is C9H17BrOS. The molecule has 0 aromatic carbocycles. The van der Waals surface area contributed by atoms with Gasteiger partial charge in [0.25, 0.3) is 0 Å². The van der Waals surface area contributed by atoms with E-state index in [-0.39, 0.29) is 6.10 Å². The average Bonchev–Trinajstić information content (AvgIpc) is 2.57. The van der Waals surface area contributed by atoms with Gasteiger partial charge in [0.15, 0.2) is 0 Å². The summed E-state index contributed by atoms with van der Waals surface area (Å²) in [4.78, 5) is 0. The summed E-state index contributed by atoms with van der Waals surface area (Å²) in [6.45, 7) is 0. The van der Waals surface area contributed by atoms with E-state index in [4.69, 9.17) is 0 Å². The Morgan fingerprint density at radius 1 is 1.42 bits per heavy atom. The van der Waals surface area contributed by atoms with E-state index >= 15 is 0 Å². The van der Waals surface area contributed by atoms with Gasteiger partial charge in [0.2, 0.25) is 0 Å². The van der Waals surface area contributed by atoms with Crippen molar-refractivity contribution in [3.8, 4) is 0 Å². The van der Waals surface area contributed by atoms with Crippen molar-refractivity contribution in [2.45, 2.75) is 31.8 Å². The topological polar surface area (TPSA) is 20.2 Å². The van der Waals surface area contributed by atoms with Gasteiger partial charge in [0.05, 0.1) is 6.10 Å². The van der Waals surface area contributed by atoms with Gasteiger partial charge in [0.1, 0.15) is 0 Å². The van der Waals surface area contributed by atoms with Crippen molar-refractivity contribution >= 4 is 27.7 Å². The van der Waals surface area contributed by atoms with Gasteiger partial charge in [-0.25, -0.2) is 0 Å². The van der Waals surface area contributed by atoms with Crippen LogP contribution in [0.2, 0.25) is 0 Å². The maximum absolute atomic E-state index is 9.26. The lowest BCUT2D eigenvalue weighted by atomic mass is 10.1. The van der Waals surface area contributed by atoms with Crippen molar-refractivity contribution in [2.24, 2.45) is 5.92 Å². The summed E-state index contributed by atoms with van der Waals surface area (Å²) < 4.78 is 0. The molecule has 0 aliphatic heterocycles. The first-order chi connectivity index (χ1) is 5.83. The van der Waals surface area contributed by atoms with Crippen LogP contribution in [-0.2, 0) is 0 Å². The highest BCUT2D eigenvalue weighted by molar-refractivity contribution is 9.09. The van der Waals surface area contributed by atoms with Gasteiger partial charge in [-0.3, -0.25) is 0 Å². The first-order valence-electron chi connectivity index (χ1n) is 4.64. The van der Waals surface area contributed by atoms with Crippen LogP contribution in [-0.4, -0.2) is 28.0 Å². The second-order valence-electron chi connectivity index (χ2n) is 3.50. The Balaban J connectivity index is 1.94. The molecule has 1 saturated carbocycles. The van der Waals surface area contributed by atoms with Gasteiger partial charge in [-0.2, -0.15) is 11.8 Å². The summed E-state index contributed by atoms with van der Waals surface area (Å²) in [5.74, 6) is 3.09. The minimum Gasteiger partial charge on any atom is -0.391 e. The first kappa shape index (κ1) is 10.9. The van der Waals surface area contributed by atoms with Gasteiger partial charge in [0, 0.05) is 11.1 Å². The van der Waals surface area contributed by atoms with Crippen LogP contribution in [0.25, 0.3) is 0 Å². The molecule has 1 atom stereocenters. The van der Waals surface area contributed by atoms with Gasteiger partial charge in [-0.05, 0) is 24.5 Å². The molecule has 0 heterocycles. The predicted octanol–water partition coefficient (Wildman–Crippen LogP) is 2.67. The van der Waals surface area contributed by atoms with E-state index in [2.05, 4.69) is 15.9 Å². The summed E-state index contributed by atoms with van der Waals surface area (Å²) in [7, 11) is 0. The van der Waals surface area contributed by atoms with Gasteiger partial charge >= 0.3 is 0 Å². The van der Waals surface area contributed by atoms with E-state index < -0.39 is 0 Å². The second kappa shape index (κ2) is 6.28. The molecule has 1 rings (SSSR count). The third kappa shape index (κ3) is 4.15. The van der Waals surface area contributed by atoms with E-state index in [1.165, 1.54) is 31.4 Å². The number of aliphatic hydroxyl groups excluding tert-OH is 1. The fraction of sp³-hybridized carbons (Fsp3) is 1.00. The molecule has 0 amide bonds. The van der Waals surface area contributed by atoms with E-state index in [1.54, 1.807) is 0 Å². The Morgan fingerprint density at radius 2 is 2.08 bits per heavy atom. The van der Waals surface area contributed by atoms with E-state index in [0.29, 0.717) is 5.33 Å². The molecule has 3 heteroatoms. The number of thioether (sulfide) groups is 1.